The molecule has 1 aromatic carbocycles. The van der Waals surface area contributed by atoms with Crippen LogP contribution >= 0.6 is 12.2 Å². The van der Waals surface area contributed by atoms with Gasteiger partial charge in [0.25, 0.3) is 0 Å². The van der Waals surface area contributed by atoms with E-state index in [1.165, 1.54) is 6.07 Å². The molecule has 0 saturated heterocycles. The van der Waals surface area contributed by atoms with E-state index in [0.29, 0.717) is 24.2 Å². The molecule has 0 aliphatic rings. The highest BCUT2D eigenvalue weighted by Crippen LogP contribution is 2.15. The highest BCUT2D eigenvalue weighted by Gasteiger charge is 2.04. The maximum Gasteiger partial charge on any atom is 0.217 e. The van der Waals surface area contributed by atoms with Crippen LogP contribution in [0, 0.1) is 5.82 Å². The number of hydrogen-bond donors (Lipinski definition) is 3. The Labute approximate surface area is 104 Å². The van der Waals surface area contributed by atoms with Crippen LogP contribution < -0.4 is 16.8 Å². The van der Waals surface area contributed by atoms with Gasteiger partial charge in [-0.2, -0.15) is 0 Å². The molecule has 0 radical (unpaired) electrons. The number of rotatable bonds is 6. The Balaban J connectivity index is 2.54. The van der Waals surface area contributed by atoms with E-state index < -0.39 is 5.82 Å². The quantitative estimate of drug-likeness (QED) is 0.526. The van der Waals surface area contributed by atoms with Crippen molar-refractivity contribution in [2.75, 3.05) is 11.9 Å². The van der Waals surface area contributed by atoms with E-state index in [9.17, 15) is 9.18 Å². The third-order valence-electron chi connectivity index (χ3n) is 2.17. The first-order valence-corrected chi connectivity index (χ1v) is 5.53. The molecule has 6 heteroatoms. The van der Waals surface area contributed by atoms with Crippen LogP contribution in [0.5, 0.6) is 0 Å². The van der Waals surface area contributed by atoms with Crippen molar-refractivity contribution >= 4 is 28.8 Å². The van der Waals surface area contributed by atoms with E-state index in [-0.39, 0.29) is 17.3 Å². The van der Waals surface area contributed by atoms with Crippen molar-refractivity contribution in [2.45, 2.75) is 12.8 Å². The summed E-state index contributed by atoms with van der Waals surface area (Å²) in [6, 6.07) is 4.48. The van der Waals surface area contributed by atoms with Crippen molar-refractivity contribution in [1.82, 2.24) is 0 Å². The monoisotopic (exact) mass is 255 g/mol. The highest BCUT2D eigenvalue weighted by molar-refractivity contribution is 7.80. The summed E-state index contributed by atoms with van der Waals surface area (Å²) in [7, 11) is 0. The molecule has 0 unspecified atom stereocenters. The molecule has 0 spiro atoms. The van der Waals surface area contributed by atoms with Crippen LogP contribution in [0.1, 0.15) is 18.4 Å². The van der Waals surface area contributed by atoms with Gasteiger partial charge in [-0.15, -0.1) is 0 Å². The molecule has 1 amide bonds. The van der Waals surface area contributed by atoms with Gasteiger partial charge in [-0.1, -0.05) is 12.2 Å². The van der Waals surface area contributed by atoms with Crippen LogP contribution in [0.15, 0.2) is 18.2 Å². The number of nitrogens with two attached hydrogens (primary N) is 2. The number of benzene rings is 1. The molecule has 1 rings (SSSR count). The number of carbonyl (C=O) groups excluding carboxylic acids is 1. The molecule has 1 aromatic rings. The second-order valence-electron chi connectivity index (χ2n) is 3.56. The number of carbonyl (C=O) groups is 1. The SMILES string of the molecule is NC(=O)CCCNc1ccc(C(N)=S)cc1F. The molecular weight excluding hydrogens is 241 g/mol. The number of nitrogens with one attached hydrogen (secondary N) is 1. The molecule has 0 aromatic heterocycles. The summed E-state index contributed by atoms with van der Waals surface area (Å²) < 4.78 is 13.5. The lowest BCUT2D eigenvalue weighted by Gasteiger charge is -2.08. The maximum absolute atomic E-state index is 13.5. The number of thiocarbonyl (C=S) groups is 1. The van der Waals surface area contributed by atoms with Gasteiger partial charge in [0.2, 0.25) is 5.91 Å². The Morgan fingerprint density at radius 1 is 1.41 bits per heavy atom. The van der Waals surface area contributed by atoms with Gasteiger partial charge in [0.05, 0.1) is 5.69 Å². The van der Waals surface area contributed by atoms with Crippen LogP contribution in [0.2, 0.25) is 0 Å². The fraction of sp³-hybridized carbons (Fsp3) is 0.273. The zero-order valence-electron chi connectivity index (χ0n) is 9.20. The van der Waals surface area contributed by atoms with E-state index >= 15 is 0 Å². The molecular formula is C11H14FN3OS. The van der Waals surface area contributed by atoms with E-state index in [1.807, 2.05) is 0 Å². The predicted octanol–water partition coefficient (Wildman–Crippen LogP) is 1.14. The van der Waals surface area contributed by atoms with Crippen molar-refractivity contribution in [3.8, 4) is 0 Å². The van der Waals surface area contributed by atoms with Gasteiger partial charge in [-0.3, -0.25) is 4.79 Å². The molecule has 0 bridgehead atoms. The number of primary amides is 1. The summed E-state index contributed by atoms with van der Waals surface area (Å²) in [5, 5.41) is 2.87. The first-order chi connectivity index (χ1) is 8.00. The third kappa shape index (κ3) is 4.36. The lowest BCUT2D eigenvalue weighted by atomic mass is 10.2. The number of hydrogen-bond acceptors (Lipinski definition) is 3. The summed E-state index contributed by atoms with van der Waals surface area (Å²) in [5.74, 6) is -0.787. The second-order valence-corrected chi connectivity index (χ2v) is 4.00. The van der Waals surface area contributed by atoms with Crippen molar-refractivity contribution in [3.05, 3.63) is 29.6 Å². The van der Waals surface area contributed by atoms with Crippen LogP contribution in [-0.4, -0.2) is 17.4 Å². The van der Waals surface area contributed by atoms with E-state index in [1.54, 1.807) is 12.1 Å². The molecule has 4 nitrogen and oxygen atoms in total. The van der Waals surface area contributed by atoms with Gasteiger partial charge < -0.3 is 16.8 Å². The van der Waals surface area contributed by atoms with Crippen molar-refractivity contribution in [1.29, 1.82) is 0 Å². The second kappa shape index (κ2) is 6.15. The van der Waals surface area contributed by atoms with E-state index in [4.69, 9.17) is 23.7 Å². The minimum Gasteiger partial charge on any atom is -0.389 e. The van der Waals surface area contributed by atoms with Gasteiger partial charge >= 0.3 is 0 Å². The Morgan fingerprint density at radius 2 is 2.12 bits per heavy atom. The fourth-order valence-corrected chi connectivity index (χ4v) is 1.42. The zero-order chi connectivity index (χ0) is 12.8. The summed E-state index contributed by atoms with van der Waals surface area (Å²) >= 11 is 4.74. The van der Waals surface area contributed by atoms with Gasteiger partial charge in [0, 0.05) is 18.5 Å². The molecule has 0 aliphatic carbocycles. The van der Waals surface area contributed by atoms with Gasteiger partial charge in [0.1, 0.15) is 10.8 Å². The van der Waals surface area contributed by atoms with E-state index in [2.05, 4.69) is 5.32 Å². The third-order valence-corrected chi connectivity index (χ3v) is 2.40. The standard InChI is InChI=1S/C11H14FN3OS/c12-8-6-7(11(14)17)3-4-9(8)15-5-1-2-10(13)16/h3-4,6,15H,1-2,5H2,(H2,13,16)(H2,14,17). The Kier molecular flexibility index (Phi) is 4.84. The molecule has 0 heterocycles. The lowest BCUT2D eigenvalue weighted by molar-refractivity contribution is -0.118. The molecule has 0 aliphatic heterocycles. The minimum absolute atomic E-state index is 0.157. The summed E-state index contributed by atoms with van der Waals surface area (Å²) in [6.07, 6.45) is 0.839. The maximum atomic E-state index is 13.5. The van der Waals surface area contributed by atoms with Crippen molar-refractivity contribution in [3.63, 3.8) is 0 Å². The summed E-state index contributed by atoms with van der Waals surface area (Å²) in [5.41, 5.74) is 11.2. The largest absolute Gasteiger partial charge is 0.389 e. The molecule has 0 fully saturated rings. The van der Waals surface area contributed by atoms with Gasteiger partial charge in [-0.05, 0) is 24.6 Å². The highest BCUT2D eigenvalue weighted by atomic mass is 32.1. The van der Waals surface area contributed by atoms with Crippen LogP contribution in [0.25, 0.3) is 0 Å². The number of amides is 1. The molecule has 0 saturated carbocycles. The lowest BCUT2D eigenvalue weighted by Crippen LogP contribution is -2.13. The van der Waals surface area contributed by atoms with Crippen LogP contribution in [0.3, 0.4) is 0 Å². The minimum atomic E-state index is -0.422. The normalized spacial score (nSPS) is 9.94. The van der Waals surface area contributed by atoms with E-state index in [0.717, 1.165) is 0 Å². The van der Waals surface area contributed by atoms with Crippen molar-refractivity contribution < 1.29 is 9.18 Å². The summed E-state index contributed by atoms with van der Waals surface area (Å²) in [6.45, 7) is 0.478. The van der Waals surface area contributed by atoms with Gasteiger partial charge in [-0.25, -0.2) is 4.39 Å². The fourth-order valence-electron chi connectivity index (χ4n) is 1.30. The molecule has 92 valence electrons. The molecule has 0 atom stereocenters. The number of halogens is 1. The number of anilines is 1. The average molecular weight is 255 g/mol. The van der Waals surface area contributed by atoms with Gasteiger partial charge in [0.15, 0.2) is 0 Å². The Bertz CT molecular complexity index is 437. The Hall–Kier alpha value is -1.69. The van der Waals surface area contributed by atoms with Crippen molar-refractivity contribution in [2.24, 2.45) is 11.5 Å². The average Bonchev–Trinajstić information content (AvgIpc) is 2.25. The predicted molar refractivity (Wildman–Crippen MR) is 69.2 cm³/mol. The smallest absolute Gasteiger partial charge is 0.217 e. The van der Waals surface area contributed by atoms with Crippen LogP contribution in [0.4, 0.5) is 10.1 Å². The molecule has 5 N–H and O–H groups in total. The Morgan fingerprint density at radius 3 is 2.65 bits per heavy atom. The zero-order valence-corrected chi connectivity index (χ0v) is 10.0. The first kappa shape index (κ1) is 13.4. The first-order valence-electron chi connectivity index (χ1n) is 5.12. The summed E-state index contributed by atoms with van der Waals surface area (Å²) in [4.78, 5) is 10.6. The topological polar surface area (TPSA) is 81.1 Å². The molecule has 17 heavy (non-hydrogen) atoms. The van der Waals surface area contributed by atoms with Crippen LogP contribution in [-0.2, 0) is 4.79 Å².